The highest BCUT2D eigenvalue weighted by Crippen LogP contribution is 2.44. The molecule has 1 heterocycles. The van der Waals surface area contributed by atoms with Crippen LogP contribution in [0.5, 0.6) is 0 Å². The van der Waals surface area contributed by atoms with Gasteiger partial charge in [-0.1, -0.05) is 37.2 Å². The summed E-state index contributed by atoms with van der Waals surface area (Å²) in [4.78, 5) is 14.2. The Hall–Kier alpha value is -1.58. The van der Waals surface area contributed by atoms with Gasteiger partial charge in [0, 0.05) is 19.8 Å². The highest BCUT2D eigenvalue weighted by molar-refractivity contribution is 8.22. The summed E-state index contributed by atoms with van der Waals surface area (Å²) in [5.74, 6) is 0.663. The van der Waals surface area contributed by atoms with Crippen LogP contribution in [0, 0.1) is 11.3 Å². The number of nitriles is 1. The average Bonchev–Trinajstić information content (AvgIpc) is 2.55. The van der Waals surface area contributed by atoms with Crippen LogP contribution < -0.4 is 10.2 Å². The monoisotopic (exact) mass is 347 g/mol. The number of rotatable bonds is 6. The molecule has 0 saturated heterocycles. The molecule has 1 amide bonds. The fraction of sp³-hybridized carbons (Fsp3) is 0.412. The molecule has 23 heavy (non-hydrogen) atoms. The molecule has 4 nitrogen and oxygen atoms in total. The second-order valence-electron chi connectivity index (χ2n) is 5.43. The lowest BCUT2D eigenvalue weighted by atomic mass is 10.2. The fourth-order valence-electron chi connectivity index (χ4n) is 2.09. The van der Waals surface area contributed by atoms with Crippen molar-refractivity contribution < 1.29 is 4.79 Å². The summed E-state index contributed by atoms with van der Waals surface area (Å²) in [5, 5.41) is 12.0. The molecule has 1 N–H and O–H groups in total. The van der Waals surface area contributed by atoms with Gasteiger partial charge in [0.05, 0.1) is 4.24 Å². The van der Waals surface area contributed by atoms with Gasteiger partial charge in [-0.25, -0.2) is 0 Å². The SMILES string of the molecule is CCCCSC1=C(C#N)C(=O)N[C@@H](c2ccc(N(C)C)cc2)S1. The minimum Gasteiger partial charge on any atom is -0.378 e. The van der Waals surface area contributed by atoms with Gasteiger partial charge in [-0.15, -0.1) is 11.8 Å². The maximum atomic E-state index is 12.2. The van der Waals surface area contributed by atoms with Crippen molar-refractivity contribution in [1.29, 1.82) is 5.26 Å². The molecule has 0 unspecified atom stereocenters. The molecule has 2 rings (SSSR count). The van der Waals surface area contributed by atoms with Crippen molar-refractivity contribution in [2.24, 2.45) is 0 Å². The molecule has 0 aromatic heterocycles. The van der Waals surface area contributed by atoms with Gasteiger partial charge >= 0.3 is 0 Å². The van der Waals surface area contributed by atoms with Gasteiger partial charge < -0.3 is 10.2 Å². The van der Waals surface area contributed by atoms with Crippen molar-refractivity contribution in [2.45, 2.75) is 25.1 Å². The van der Waals surface area contributed by atoms with E-state index in [9.17, 15) is 10.1 Å². The lowest BCUT2D eigenvalue weighted by Crippen LogP contribution is -2.31. The highest BCUT2D eigenvalue weighted by atomic mass is 32.2. The summed E-state index contributed by atoms with van der Waals surface area (Å²) < 4.78 is 0.839. The molecule has 0 fully saturated rings. The number of amides is 1. The van der Waals surface area contributed by atoms with Gasteiger partial charge in [0.25, 0.3) is 5.91 Å². The molecule has 0 aliphatic carbocycles. The fourth-order valence-corrected chi connectivity index (χ4v) is 4.73. The van der Waals surface area contributed by atoms with Crippen LogP contribution in [0.3, 0.4) is 0 Å². The standard InChI is InChI=1S/C17H21N3OS2/c1-4-5-10-22-17-14(11-18)15(21)19-16(23-17)12-6-8-13(9-7-12)20(2)3/h6-9,16H,4-5,10H2,1-3H3,(H,19,21)/t16-/m1/s1. The van der Waals surface area contributed by atoms with Crippen molar-refractivity contribution >= 4 is 35.1 Å². The van der Waals surface area contributed by atoms with E-state index in [1.165, 1.54) is 0 Å². The molecule has 1 atom stereocenters. The number of thioether (sulfide) groups is 2. The first kappa shape index (κ1) is 17.8. The number of unbranched alkanes of at least 4 members (excludes halogenated alkanes) is 1. The number of carbonyl (C=O) groups excluding carboxylic acids is 1. The Morgan fingerprint density at radius 3 is 2.61 bits per heavy atom. The van der Waals surface area contributed by atoms with Crippen LogP contribution >= 0.6 is 23.5 Å². The first-order valence-electron chi connectivity index (χ1n) is 7.58. The van der Waals surface area contributed by atoms with Crippen molar-refractivity contribution in [3.8, 4) is 6.07 Å². The number of anilines is 1. The van der Waals surface area contributed by atoms with E-state index in [0.717, 1.165) is 34.1 Å². The van der Waals surface area contributed by atoms with Crippen LogP contribution in [0.15, 0.2) is 34.1 Å². The summed E-state index contributed by atoms with van der Waals surface area (Å²) in [5.41, 5.74) is 2.41. The van der Waals surface area contributed by atoms with Crippen LogP contribution in [0.25, 0.3) is 0 Å². The van der Waals surface area contributed by atoms with E-state index in [1.807, 2.05) is 49.3 Å². The van der Waals surface area contributed by atoms with E-state index in [1.54, 1.807) is 23.5 Å². The highest BCUT2D eigenvalue weighted by Gasteiger charge is 2.28. The number of hydrogen-bond donors (Lipinski definition) is 1. The molecule has 0 bridgehead atoms. The maximum absolute atomic E-state index is 12.2. The van der Waals surface area contributed by atoms with Crippen LogP contribution in [0.1, 0.15) is 30.7 Å². The maximum Gasteiger partial charge on any atom is 0.264 e. The zero-order valence-corrected chi connectivity index (χ0v) is 15.3. The first-order chi connectivity index (χ1) is 11.1. The van der Waals surface area contributed by atoms with Gasteiger partial charge in [-0.3, -0.25) is 4.79 Å². The van der Waals surface area contributed by atoms with E-state index < -0.39 is 0 Å². The zero-order valence-electron chi connectivity index (χ0n) is 13.6. The topological polar surface area (TPSA) is 56.1 Å². The summed E-state index contributed by atoms with van der Waals surface area (Å²) in [7, 11) is 3.99. The number of benzene rings is 1. The second kappa shape index (κ2) is 8.32. The van der Waals surface area contributed by atoms with Crippen LogP contribution in [-0.4, -0.2) is 25.8 Å². The van der Waals surface area contributed by atoms with Crippen LogP contribution in [0.4, 0.5) is 5.69 Å². The minimum atomic E-state index is -0.271. The van der Waals surface area contributed by atoms with Gasteiger partial charge in [0.1, 0.15) is 17.0 Å². The number of hydrogen-bond acceptors (Lipinski definition) is 5. The van der Waals surface area contributed by atoms with Gasteiger partial charge in [-0.05, 0) is 29.9 Å². The molecule has 0 saturated carbocycles. The van der Waals surface area contributed by atoms with E-state index in [0.29, 0.717) is 0 Å². The van der Waals surface area contributed by atoms with E-state index in [4.69, 9.17) is 0 Å². The lowest BCUT2D eigenvalue weighted by molar-refractivity contribution is -0.117. The Morgan fingerprint density at radius 1 is 1.35 bits per heavy atom. The number of nitrogens with zero attached hydrogens (tertiary/aromatic N) is 2. The van der Waals surface area contributed by atoms with Gasteiger partial charge in [0.2, 0.25) is 0 Å². The van der Waals surface area contributed by atoms with E-state index in [-0.39, 0.29) is 16.9 Å². The molecule has 122 valence electrons. The summed E-state index contributed by atoms with van der Waals surface area (Å²) in [6.45, 7) is 2.13. The Kier molecular flexibility index (Phi) is 6.43. The second-order valence-corrected chi connectivity index (χ2v) is 7.91. The van der Waals surface area contributed by atoms with E-state index >= 15 is 0 Å². The van der Waals surface area contributed by atoms with Crippen LogP contribution in [-0.2, 0) is 4.79 Å². The minimum absolute atomic E-state index is 0.139. The first-order valence-corrected chi connectivity index (χ1v) is 9.45. The molecule has 1 aliphatic heterocycles. The molecule has 1 aliphatic rings. The Labute approximate surface area is 146 Å². The van der Waals surface area contributed by atoms with Crippen molar-refractivity contribution in [1.82, 2.24) is 5.32 Å². The summed E-state index contributed by atoms with van der Waals surface area (Å²) >= 11 is 3.18. The summed E-state index contributed by atoms with van der Waals surface area (Å²) in [6.07, 6.45) is 2.19. The van der Waals surface area contributed by atoms with Crippen molar-refractivity contribution in [3.05, 3.63) is 39.6 Å². The molecular formula is C17H21N3OS2. The molecular weight excluding hydrogens is 326 g/mol. The Bertz CT molecular complexity index is 632. The molecule has 0 radical (unpaired) electrons. The largest absolute Gasteiger partial charge is 0.378 e. The predicted octanol–water partition coefficient (Wildman–Crippen LogP) is 3.88. The quantitative estimate of drug-likeness (QED) is 0.791. The third-order valence-corrected chi connectivity index (χ3v) is 6.12. The van der Waals surface area contributed by atoms with Crippen molar-refractivity contribution in [3.63, 3.8) is 0 Å². The number of nitrogens with one attached hydrogen (secondary N) is 1. The summed E-state index contributed by atoms with van der Waals surface area (Å²) in [6, 6.07) is 10.2. The Morgan fingerprint density at radius 2 is 2.04 bits per heavy atom. The lowest BCUT2D eigenvalue weighted by Gasteiger charge is -2.25. The van der Waals surface area contributed by atoms with Gasteiger partial charge in [-0.2, -0.15) is 5.26 Å². The normalized spacial score (nSPS) is 17.7. The molecule has 1 aromatic carbocycles. The van der Waals surface area contributed by atoms with Crippen LogP contribution in [0.2, 0.25) is 0 Å². The average molecular weight is 348 g/mol. The molecule has 1 aromatic rings. The third-order valence-electron chi connectivity index (χ3n) is 3.47. The smallest absolute Gasteiger partial charge is 0.264 e. The Balaban J connectivity index is 2.18. The zero-order chi connectivity index (χ0) is 16.8. The third kappa shape index (κ3) is 4.46. The predicted molar refractivity (Wildman–Crippen MR) is 99.2 cm³/mol. The molecule has 0 spiro atoms. The van der Waals surface area contributed by atoms with E-state index in [2.05, 4.69) is 12.2 Å². The van der Waals surface area contributed by atoms with Gasteiger partial charge in [0.15, 0.2) is 0 Å². The number of carbonyl (C=O) groups is 1. The molecule has 6 heteroatoms. The van der Waals surface area contributed by atoms with Crippen molar-refractivity contribution in [2.75, 3.05) is 24.7 Å².